The molecule has 0 amide bonds. The van der Waals surface area contributed by atoms with Crippen LogP contribution < -0.4 is 0 Å². The third-order valence-electron chi connectivity index (χ3n) is 1.68. The Balaban J connectivity index is 3.35. The summed E-state index contributed by atoms with van der Waals surface area (Å²) in [6.07, 6.45) is -2.66. The van der Waals surface area contributed by atoms with Crippen LogP contribution in [0.4, 0.5) is 8.78 Å². The number of rotatable bonds is 2. The standard InChI is InChI=1S/C9H6Cl2F2O/c1-4(14)6-2-5(9(12)13)3-7(10)8(6)11/h2-3,9H,1H3. The van der Waals surface area contributed by atoms with Gasteiger partial charge in [-0.3, -0.25) is 4.79 Å². The highest BCUT2D eigenvalue weighted by Gasteiger charge is 2.15. The highest BCUT2D eigenvalue weighted by Crippen LogP contribution is 2.31. The summed E-state index contributed by atoms with van der Waals surface area (Å²) >= 11 is 11.3. The van der Waals surface area contributed by atoms with Crippen molar-refractivity contribution in [3.05, 3.63) is 33.3 Å². The molecule has 0 unspecified atom stereocenters. The first kappa shape index (κ1) is 11.4. The molecule has 1 nitrogen and oxygen atoms in total. The molecule has 0 bridgehead atoms. The van der Waals surface area contributed by atoms with E-state index in [2.05, 4.69) is 0 Å². The lowest BCUT2D eigenvalue weighted by Crippen LogP contribution is -1.97. The zero-order valence-corrected chi connectivity index (χ0v) is 8.66. The van der Waals surface area contributed by atoms with Crippen molar-refractivity contribution in [2.24, 2.45) is 0 Å². The van der Waals surface area contributed by atoms with Gasteiger partial charge in [0.2, 0.25) is 0 Å². The zero-order valence-electron chi connectivity index (χ0n) is 7.15. The van der Waals surface area contributed by atoms with Gasteiger partial charge >= 0.3 is 0 Å². The lowest BCUT2D eigenvalue weighted by Gasteiger charge is -2.06. The van der Waals surface area contributed by atoms with Crippen molar-refractivity contribution < 1.29 is 13.6 Å². The van der Waals surface area contributed by atoms with Gasteiger partial charge in [0.05, 0.1) is 10.0 Å². The monoisotopic (exact) mass is 238 g/mol. The van der Waals surface area contributed by atoms with Crippen molar-refractivity contribution in [2.45, 2.75) is 13.3 Å². The summed E-state index contributed by atoms with van der Waals surface area (Å²) in [7, 11) is 0. The molecule has 0 saturated heterocycles. The van der Waals surface area contributed by atoms with Gasteiger partial charge < -0.3 is 0 Å². The van der Waals surface area contributed by atoms with E-state index < -0.39 is 6.43 Å². The first-order valence-electron chi connectivity index (χ1n) is 3.71. The maximum atomic E-state index is 12.3. The summed E-state index contributed by atoms with van der Waals surface area (Å²) in [5.41, 5.74) is -0.279. The summed E-state index contributed by atoms with van der Waals surface area (Å²) in [6, 6.07) is 2.11. The Morgan fingerprint density at radius 2 is 1.93 bits per heavy atom. The fraction of sp³-hybridized carbons (Fsp3) is 0.222. The number of halogens is 4. The third-order valence-corrected chi connectivity index (χ3v) is 2.48. The van der Waals surface area contributed by atoms with Crippen LogP contribution in [0.25, 0.3) is 0 Å². The second-order valence-electron chi connectivity index (χ2n) is 2.72. The normalized spacial score (nSPS) is 10.7. The highest BCUT2D eigenvalue weighted by molar-refractivity contribution is 6.43. The molecule has 0 aliphatic heterocycles. The Morgan fingerprint density at radius 3 is 2.36 bits per heavy atom. The van der Waals surface area contributed by atoms with Crippen molar-refractivity contribution in [1.29, 1.82) is 0 Å². The minimum absolute atomic E-state index is 0.0172. The largest absolute Gasteiger partial charge is 0.294 e. The molecule has 0 heterocycles. The van der Waals surface area contributed by atoms with Crippen LogP contribution in [0, 0.1) is 0 Å². The Morgan fingerprint density at radius 1 is 1.36 bits per heavy atom. The molecule has 76 valence electrons. The SMILES string of the molecule is CC(=O)c1cc(C(F)F)cc(Cl)c1Cl. The van der Waals surface area contributed by atoms with Crippen molar-refractivity contribution >= 4 is 29.0 Å². The van der Waals surface area contributed by atoms with Crippen molar-refractivity contribution in [3.63, 3.8) is 0 Å². The molecular formula is C9H6Cl2F2O. The molecule has 0 saturated carbocycles. The second-order valence-corrected chi connectivity index (χ2v) is 3.51. The van der Waals surface area contributed by atoms with E-state index in [9.17, 15) is 13.6 Å². The fourth-order valence-corrected chi connectivity index (χ4v) is 1.46. The molecule has 0 spiro atoms. The van der Waals surface area contributed by atoms with Crippen LogP contribution in [-0.2, 0) is 0 Å². The minimum atomic E-state index is -2.66. The van der Waals surface area contributed by atoms with Crippen LogP contribution in [0.2, 0.25) is 10.0 Å². The van der Waals surface area contributed by atoms with Gasteiger partial charge in [0.1, 0.15) is 0 Å². The van der Waals surface area contributed by atoms with E-state index in [-0.39, 0.29) is 27.0 Å². The molecule has 5 heteroatoms. The van der Waals surface area contributed by atoms with Crippen molar-refractivity contribution in [1.82, 2.24) is 0 Å². The van der Waals surface area contributed by atoms with Gasteiger partial charge in [-0.2, -0.15) is 0 Å². The number of ketones is 1. The number of hydrogen-bond donors (Lipinski definition) is 0. The Hall–Kier alpha value is -0.670. The lowest BCUT2D eigenvalue weighted by atomic mass is 10.1. The van der Waals surface area contributed by atoms with Gasteiger partial charge in [-0.1, -0.05) is 23.2 Å². The topological polar surface area (TPSA) is 17.1 Å². The molecule has 1 aromatic rings. The molecule has 0 radical (unpaired) electrons. The van der Waals surface area contributed by atoms with Crippen LogP contribution in [0.5, 0.6) is 0 Å². The molecule has 1 aromatic carbocycles. The number of alkyl halides is 2. The number of carbonyl (C=O) groups excluding carboxylic acids is 1. The van der Waals surface area contributed by atoms with Gasteiger partial charge in [-0.25, -0.2) is 8.78 Å². The third kappa shape index (κ3) is 2.22. The zero-order chi connectivity index (χ0) is 10.9. The molecule has 14 heavy (non-hydrogen) atoms. The molecular weight excluding hydrogens is 233 g/mol. The summed E-state index contributed by atoms with van der Waals surface area (Å²) in [6.45, 7) is 1.24. The average Bonchev–Trinajstić information content (AvgIpc) is 2.08. The van der Waals surface area contributed by atoms with E-state index in [1.165, 1.54) is 6.92 Å². The molecule has 0 N–H and O–H groups in total. The van der Waals surface area contributed by atoms with E-state index in [0.29, 0.717) is 0 Å². The molecule has 0 fully saturated rings. The summed E-state index contributed by atoms with van der Waals surface area (Å²) in [5.74, 6) is -0.389. The minimum Gasteiger partial charge on any atom is -0.294 e. The van der Waals surface area contributed by atoms with E-state index in [0.717, 1.165) is 12.1 Å². The predicted octanol–water partition coefficient (Wildman–Crippen LogP) is 4.13. The molecule has 0 atom stereocenters. The van der Waals surface area contributed by atoms with E-state index in [1.54, 1.807) is 0 Å². The van der Waals surface area contributed by atoms with Crippen molar-refractivity contribution in [2.75, 3.05) is 0 Å². The highest BCUT2D eigenvalue weighted by atomic mass is 35.5. The van der Waals surface area contributed by atoms with Gasteiger partial charge in [0.15, 0.2) is 5.78 Å². The van der Waals surface area contributed by atoms with Gasteiger partial charge in [0, 0.05) is 11.1 Å². The average molecular weight is 239 g/mol. The van der Waals surface area contributed by atoms with Crippen molar-refractivity contribution in [3.8, 4) is 0 Å². The van der Waals surface area contributed by atoms with E-state index in [4.69, 9.17) is 23.2 Å². The molecule has 0 aliphatic carbocycles. The first-order chi connectivity index (χ1) is 6.43. The van der Waals surface area contributed by atoms with Crippen LogP contribution in [0.3, 0.4) is 0 Å². The number of hydrogen-bond acceptors (Lipinski definition) is 1. The van der Waals surface area contributed by atoms with E-state index in [1.807, 2.05) is 0 Å². The van der Waals surface area contributed by atoms with Crippen LogP contribution in [-0.4, -0.2) is 5.78 Å². The van der Waals surface area contributed by atoms with E-state index >= 15 is 0 Å². The smallest absolute Gasteiger partial charge is 0.263 e. The summed E-state index contributed by atoms with van der Waals surface area (Å²) in [4.78, 5) is 11.0. The Labute approximate surface area is 89.6 Å². The predicted molar refractivity (Wildman–Crippen MR) is 51.4 cm³/mol. The number of Topliss-reactive ketones (excluding diaryl/α,β-unsaturated/α-hetero) is 1. The first-order valence-corrected chi connectivity index (χ1v) is 4.47. The van der Waals surface area contributed by atoms with Crippen LogP contribution in [0.15, 0.2) is 12.1 Å². The quantitative estimate of drug-likeness (QED) is 0.709. The van der Waals surface area contributed by atoms with Gasteiger partial charge in [-0.05, 0) is 19.1 Å². The summed E-state index contributed by atoms with van der Waals surface area (Å²) < 4.78 is 24.6. The van der Waals surface area contributed by atoms with Gasteiger partial charge in [0.25, 0.3) is 6.43 Å². The molecule has 1 rings (SSSR count). The molecule has 0 aromatic heterocycles. The Kier molecular flexibility index (Phi) is 3.45. The second kappa shape index (κ2) is 4.24. The van der Waals surface area contributed by atoms with Crippen LogP contribution in [0.1, 0.15) is 29.3 Å². The summed E-state index contributed by atoms with van der Waals surface area (Å²) in [5, 5.41) is -0.0155. The fourth-order valence-electron chi connectivity index (χ4n) is 0.992. The maximum Gasteiger partial charge on any atom is 0.263 e. The molecule has 0 aliphatic rings. The van der Waals surface area contributed by atoms with Gasteiger partial charge in [-0.15, -0.1) is 0 Å². The Bertz CT molecular complexity index is 377. The van der Waals surface area contributed by atoms with Crippen LogP contribution >= 0.6 is 23.2 Å². The lowest BCUT2D eigenvalue weighted by molar-refractivity contribution is 0.101. The number of carbonyl (C=O) groups is 1. The maximum absolute atomic E-state index is 12.3. The number of benzene rings is 1.